The van der Waals surface area contributed by atoms with Crippen molar-refractivity contribution in [2.24, 2.45) is 4.99 Å². The van der Waals surface area contributed by atoms with Gasteiger partial charge in [-0.15, -0.1) is 0 Å². The van der Waals surface area contributed by atoms with Gasteiger partial charge in [-0.05, 0) is 30.7 Å². The third kappa shape index (κ3) is 6.31. The van der Waals surface area contributed by atoms with Gasteiger partial charge in [0.2, 0.25) is 0 Å². The van der Waals surface area contributed by atoms with Crippen molar-refractivity contribution in [3.8, 4) is 0 Å². The number of allylic oxidation sites excluding steroid dienone is 5. The Morgan fingerprint density at radius 3 is 2.25 bits per heavy atom. The molecule has 0 fully saturated rings. The number of rotatable bonds is 1. The molecule has 0 spiro atoms. The Morgan fingerprint density at radius 2 is 1.81 bits per heavy atom. The molecule has 0 aromatic heterocycles. The Morgan fingerprint density at radius 1 is 1.25 bits per heavy atom. The molecule has 1 aliphatic heterocycles. The van der Waals surface area contributed by atoms with Crippen molar-refractivity contribution in [3.05, 3.63) is 35.6 Å². The van der Waals surface area contributed by atoms with Gasteiger partial charge < -0.3 is 24.8 Å². The Balaban J connectivity index is 0. The Labute approximate surface area is 127 Å². The summed E-state index contributed by atoms with van der Waals surface area (Å²) in [5.41, 5.74) is 3.67. The van der Waals surface area contributed by atoms with Crippen LogP contribution in [-0.4, -0.2) is 14.8 Å². The van der Waals surface area contributed by atoms with Gasteiger partial charge in [-0.25, -0.2) is 0 Å². The fourth-order valence-electron chi connectivity index (χ4n) is 1.10. The normalized spacial score (nSPS) is 15.0. The fourth-order valence-corrected chi connectivity index (χ4v) is 1.10. The van der Waals surface area contributed by atoms with Crippen LogP contribution in [0.15, 0.2) is 40.6 Å². The molecule has 0 aromatic rings. The van der Waals surface area contributed by atoms with E-state index in [0.29, 0.717) is 0 Å². The predicted molar refractivity (Wildman–Crippen MR) is 58.4 cm³/mol. The minimum atomic E-state index is -0.610. The molecule has 2 aliphatic rings. The molecule has 0 atom stereocenters. The zero-order valence-electron chi connectivity index (χ0n) is 9.50. The van der Waals surface area contributed by atoms with E-state index in [0.717, 1.165) is 5.71 Å². The van der Waals surface area contributed by atoms with Crippen LogP contribution < -0.4 is 24.8 Å². The number of hydrogen-bond donors (Lipinski definition) is 0. The second kappa shape index (κ2) is 9.55. The van der Waals surface area contributed by atoms with Crippen molar-refractivity contribution in [1.29, 1.82) is 0 Å². The zero-order chi connectivity index (χ0) is 10.6. The molecule has 0 saturated carbocycles. The maximum absolute atomic E-state index is 4.98. The summed E-state index contributed by atoms with van der Waals surface area (Å²) in [5.74, 6) is 0. The molecule has 0 bridgehead atoms. The van der Waals surface area contributed by atoms with E-state index < -0.39 is 9.04 Å². The van der Waals surface area contributed by atoms with Gasteiger partial charge in [-0.1, -0.05) is 0 Å². The molecule has 0 unspecified atom stereocenters. The summed E-state index contributed by atoms with van der Waals surface area (Å²) >= 11 is 1.23. The van der Waals surface area contributed by atoms with Crippen molar-refractivity contribution in [2.75, 3.05) is 0 Å². The maximum Gasteiger partial charge on any atom is -1.00 e. The third-order valence-corrected chi connectivity index (χ3v) is 5.69. The Bertz CT molecular complexity index is 338. The quantitative estimate of drug-likeness (QED) is 0.444. The van der Waals surface area contributed by atoms with Crippen molar-refractivity contribution < 1.29 is 52.5 Å². The van der Waals surface area contributed by atoms with Gasteiger partial charge in [-0.2, -0.15) is 0 Å². The molecular formula is C10H14Cl2NOSiZr. The van der Waals surface area contributed by atoms with E-state index in [1.165, 1.54) is 36.3 Å². The molecule has 2 rings (SSSR count). The average molecular weight is 354 g/mol. The molecule has 87 valence electrons. The van der Waals surface area contributed by atoms with E-state index in [1.807, 2.05) is 12.3 Å². The second-order valence-corrected chi connectivity index (χ2v) is 7.56. The van der Waals surface area contributed by atoms with Crippen molar-refractivity contribution >= 4 is 14.8 Å². The summed E-state index contributed by atoms with van der Waals surface area (Å²) in [7, 11) is -0.610. The van der Waals surface area contributed by atoms with Crippen LogP contribution in [0.2, 0.25) is 13.1 Å². The topological polar surface area (TPSA) is 21.6 Å². The number of fused-ring (bicyclic) bond motifs is 1. The fraction of sp³-hybridized carbons (Fsp3) is 0.300. The summed E-state index contributed by atoms with van der Waals surface area (Å²) in [5, 5.41) is 0. The second-order valence-electron chi connectivity index (χ2n) is 3.48. The molecule has 0 amide bonds. The molecule has 1 heterocycles. The third-order valence-electron chi connectivity index (χ3n) is 1.75. The first kappa shape index (κ1) is 18.9. The Hall–Kier alpha value is 0.530. The SMILES string of the molecule is CC1=CC2=NC=CC2=C1.C[SiH](C)[O][Zr+2].[Cl-].[Cl-]. The minimum absolute atomic E-state index is 0. The summed E-state index contributed by atoms with van der Waals surface area (Å²) in [6.07, 6.45) is 8.10. The number of hydrogen-bond acceptors (Lipinski definition) is 2. The van der Waals surface area contributed by atoms with Crippen LogP contribution in [-0.2, 0) is 27.7 Å². The number of nitrogens with zero attached hydrogens (tertiary/aromatic N) is 1. The van der Waals surface area contributed by atoms with Gasteiger partial charge in [0.05, 0.1) is 5.71 Å². The van der Waals surface area contributed by atoms with Gasteiger partial charge >= 0.3 is 49.8 Å². The van der Waals surface area contributed by atoms with Crippen LogP contribution in [0.1, 0.15) is 6.92 Å². The molecule has 0 aromatic carbocycles. The van der Waals surface area contributed by atoms with E-state index >= 15 is 0 Å². The van der Waals surface area contributed by atoms with Crippen LogP contribution in [0, 0.1) is 0 Å². The van der Waals surface area contributed by atoms with Crippen LogP contribution in [0.25, 0.3) is 0 Å². The molecule has 0 radical (unpaired) electrons. The first-order chi connectivity index (χ1) is 6.63. The van der Waals surface area contributed by atoms with E-state index in [1.54, 1.807) is 0 Å². The van der Waals surface area contributed by atoms with Crippen molar-refractivity contribution in [2.45, 2.75) is 20.0 Å². The molecule has 0 N–H and O–H groups in total. The van der Waals surface area contributed by atoms with Gasteiger partial charge in [0.1, 0.15) is 0 Å². The van der Waals surface area contributed by atoms with E-state index in [-0.39, 0.29) is 24.8 Å². The largest absolute Gasteiger partial charge is 1.00 e. The van der Waals surface area contributed by atoms with Gasteiger partial charge in [0, 0.05) is 11.8 Å². The van der Waals surface area contributed by atoms with Crippen LogP contribution in [0.4, 0.5) is 0 Å². The number of halogens is 2. The average Bonchev–Trinajstić information content (AvgIpc) is 2.64. The molecule has 16 heavy (non-hydrogen) atoms. The first-order valence-electron chi connectivity index (χ1n) is 4.60. The van der Waals surface area contributed by atoms with E-state index in [2.05, 4.69) is 37.2 Å². The van der Waals surface area contributed by atoms with Gasteiger partial charge in [0.25, 0.3) is 0 Å². The van der Waals surface area contributed by atoms with Crippen LogP contribution >= 0.6 is 0 Å². The molecular weight excluding hydrogens is 340 g/mol. The van der Waals surface area contributed by atoms with Crippen molar-refractivity contribution in [1.82, 2.24) is 0 Å². The predicted octanol–water partition coefficient (Wildman–Crippen LogP) is -3.70. The smallest absolute Gasteiger partial charge is 1.00 e. The summed E-state index contributed by atoms with van der Waals surface area (Å²) in [6, 6.07) is 0. The molecule has 1 aliphatic carbocycles. The van der Waals surface area contributed by atoms with E-state index in [9.17, 15) is 0 Å². The summed E-state index contributed by atoms with van der Waals surface area (Å²) in [6.45, 7) is 6.41. The van der Waals surface area contributed by atoms with E-state index in [4.69, 9.17) is 2.50 Å². The monoisotopic (exact) mass is 352 g/mol. The zero-order valence-corrected chi connectivity index (χ0v) is 14.6. The van der Waals surface area contributed by atoms with Crippen molar-refractivity contribution in [3.63, 3.8) is 0 Å². The molecule has 2 nitrogen and oxygen atoms in total. The Kier molecular flexibility index (Phi) is 11.3. The minimum Gasteiger partial charge on any atom is -1.00 e. The van der Waals surface area contributed by atoms with Crippen LogP contribution in [0.5, 0.6) is 0 Å². The van der Waals surface area contributed by atoms with Gasteiger partial charge in [0.15, 0.2) is 0 Å². The standard InChI is InChI=1S/C8H7N.C2H7OSi.2ClH.Zr/c1-6-4-7-2-3-9-8(7)5-6;1-4(2)3;;;/h2-5H,1H3;4H,1-2H3;2*1H;/q;-1;;;+3/p-2. The van der Waals surface area contributed by atoms with Crippen LogP contribution in [0.3, 0.4) is 0 Å². The van der Waals surface area contributed by atoms with Gasteiger partial charge in [-0.3, -0.25) is 4.99 Å². The number of aliphatic imine (C=N–C) groups is 1. The summed E-state index contributed by atoms with van der Waals surface area (Å²) < 4.78 is 4.98. The molecule has 0 saturated heterocycles. The summed E-state index contributed by atoms with van der Waals surface area (Å²) in [4.78, 5) is 4.14. The molecule has 6 heteroatoms. The first-order valence-corrected chi connectivity index (χ1v) is 8.39. The maximum atomic E-state index is 4.98.